The number of benzene rings is 1. The molecule has 2 saturated carbocycles. The molecule has 4 aromatic rings. The molecule has 0 atom stereocenters. The van der Waals surface area contributed by atoms with Crippen LogP contribution in [0.15, 0.2) is 52.0 Å². The first-order valence-corrected chi connectivity index (χ1v) is 14.4. The number of allylic oxidation sites excluding steroid dienone is 1. The van der Waals surface area contributed by atoms with E-state index in [9.17, 15) is 0 Å². The third kappa shape index (κ3) is 4.83. The molecule has 0 spiro atoms. The largest absolute Gasteiger partial charge is 0.470 e. The number of aliphatic imine (C=N–C) groups is 2. The molecule has 11 heteroatoms. The van der Waals surface area contributed by atoms with Crippen LogP contribution in [0.2, 0.25) is 0 Å². The highest BCUT2D eigenvalue weighted by atomic mass is 16.6. The molecular formula is C31H35N9O2. The fourth-order valence-corrected chi connectivity index (χ4v) is 5.58. The van der Waals surface area contributed by atoms with Gasteiger partial charge in [-0.25, -0.2) is 15.0 Å². The van der Waals surface area contributed by atoms with Gasteiger partial charge in [-0.3, -0.25) is 9.67 Å². The number of pyridine rings is 1. The zero-order valence-corrected chi connectivity index (χ0v) is 24.1. The molecule has 1 aromatic carbocycles. The number of nitrogens with two attached hydrogens (primary N) is 2. The zero-order chi connectivity index (χ0) is 29.0. The Bertz CT molecular complexity index is 1770. The van der Waals surface area contributed by atoms with Crippen molar-refractivity contribution in [1.29, 1.82) is 0 Å². The van der Waals surface area contributed by atoms with Crippen LogP contribution in [0.3, 0.4) is 0 Å². The van der Waals surface area contributed by atoms with Crippen LogP contribution in [0.5, 0.6) is 0 Å². The molecule has 11 nitrogen and oxygen atoms in total. The molecule has 0 radical (unpaired) electrons. The minimum atomic E-state index is -0.0771. The lowest BCUT2D eigenvalue weighted by Gasteiger charge is -2.26. The van der Waals surface area contributed by atoms with E-state index < -0.39 is 0 Å². The van der Waals surface area contributed by atoms with E-state index in [1.54, 1.807) is 19.5 Å². The van der Waals surface area contributed by atoms with Crippen molar-refractivity contribution in [3.63, 3.8) is 0 Å². The highest BCUT2D eigenvalue weighted by Gasteiger charge is 2.35. The number of aromatic nitrogens is 5. The summed E-state index contributed by atoms with van der Waals surface area (Å²) in [6.45, 7) is 1.02. The highest BCUT2D eigenvalue weighted by molar-refractivity contribution is 5.98. The Morgan fingerprint density at radius 2 is 1.88 bits per heavy atom. The molecule has 4 N–H and O–H groups in total. The molecule has 4 heterocycles. The average Bonchev–Trinajstić information content (AvgIpc) is 3.88. The second-order valence-electron chi connectivity index (χ2n) is 11.4. The summed E-state index contributed by atoms with van der Waals surface area (Å²) in [5, 5.41) is 5.58. The van der Waals surface area contributed by atoms with E-state index in [1.165, 1.54) is 5.69 Å². The summed E-state index contributed by atoms with van der Waals surface area (Å²) in [7, 11) is 5.71. The Kier molecular flexibility index (Phi) is 6.53. The zero-order valence-electron chi connectivity index (χ0n) is 24.1. The smallest absolute Gasteiger partial charge is 0.212 e. The molecule has 216 valence electrons. The molecule has 0 unspecified atom stereocenters. The number of imidazole rings is 1. The van der Waals surface area contributed by atoms with Gasteiger partial charge in [0, 0.05) is 78.8 Å². The minimum absolute atomic E-state index is 0.0771. The number of nitrogen functional groups attached to an aromatic ring is 1. The Morgan fingerprint density at radius 3 is 2.57 bits per heavy atom. The van der Waals surface area contributed by atoms with Gasteiger partial charge in [0.2, 0.25) is 5.88 Å². The van der Waals surface area contributed by atoms with Crippen molar-refractivity contribution in [1.82, 2.24) is 24.3 Å². The number of aryl methyl sites for hydroxylation is 1. The third-order valence-electron chi connectivity index (χ3n) is 8.08. The lowest BCUT2D eigenvalue weighted by Crippen LogP contribution is -2.37. The van der Waals surface area contributed by atoms with Crippen molar-refractivity contribution in [2.45, 2.75) is 43.6 Å². The first-order valence-electron chi connectivity index (χ1n) is 14.4. The van der Waals surface area contributed by atoms with Crippen LogP contribution in [-0.4, -0.2) is 63.1 Å². The number of nitrogens with zero attached hydrogens (tertiary/aromatic N) is 7. The van der Waals surface area contributed by atoms with Gasteiger partial charge < -0.3 is 25.5 Å². The summed E-state index contributed by atoms with van der Waals surface area (Å²) >= 11 is 0. The average molecular weight is 566 g/mol. The summed E-state index contributed by atoms with van der Waals surface area (Å²) in [6.07, 6.45) is 9.79. The molecule has 3 aromatic heterocycles. The summed E-state index contributed by atoms with van der Waals surface area (Å²) in [5.41, 5.74) is 20.6. The van der Waals surface area contributed by atoms with Gasteiger partial charge in [0.1, 0.15) is 17.6 Å². The van der Waals surface area contributed by atoms with Crippen molar-refractivity contribution in [2.75, 3.05) is 26.0 Å². The first kappa shape index (κ1) is 26.4. The molecular weight excluding hydrogens is 530 g/mol. The fourth-order valence-electron chi connectivity index (χ4n) is 5.58. The SMILES string of the molecule is CN=C/C(N=Cc1c(N)cccc1-c1nc(-c2cc3cn(C)nc3nc2C2CC2)n(C)c1C1CC1)=C(\N)OC1COC1. The number of fused-ring (bicyclic) bond motifs is 1. The van der Waals surface area contributed by atoms with Gasteiger partial charge in [-0.1, -0.05) is 12.1 Å². The van der Waals surface area contributed by atoms with Crippen molar-refractivity contribution in [3.8, 4) is 22.6 Å². The number of anilines is 1. The quantitative estimate of drug-likeness (QED) is 0.177. The fraction of sp³-hybridized carbons (Fsp3) is 0.387. The van der Waals surface area contributed by atoms with Gasteiger partial charge in [-0.2, -0.15) is 5.10 Å². The topological polar surface area (TPSA) is 144 Å². The van der Waals surface area contributed by atoms with Gasteiger partial charge in [-0.15, -0.1) is 0 Å². The van der Waals surface area contributed by atoms with Crippen LogP contribution in [0.1, 0.15) is 54.5 Å². The van der Waals surface area contributed by atoms with Crippen LogP contribution in [0, 0.1) is 0 Å². The van der Waals surface area contributed by atoms with E-state index in [-0.39, 0.29) is 12.0 Å². The maximum atomic E-state index is 6.57. The second kappa shape index (κ2) is 10.4. The number of hydrogen-bond acceptors (Lipinski definition) is 9. The first-order chi connectivity index (χ1) is 20.4. The van der Waals surface area contributed by atoms with Gasteiger partial charge in [0.05, 0.1) is 30.8 Å². The number of hydrogen-bond donors (Lipinski definition) is 2. The Hall–Kier alpha value is -4.51. The predicted molar refractivity (Wildman–Crippen MR) is 163 cm³/mol. The lowest BCUT2D eigenvalue weighted by atomic mass is 10.0. The number of rotatable bonds is 9. The molecule has 3 fully saturated rings. The van der Waals surface area contributed by atoms with Crippen LogP contribution in [-0.2, 0) is 23.6 Å². The molecule has 0 amide bonds. The van der Waals surface area contributed by atoms with Gasteiger partial charge in [-0.05, 0) is 37.8 Å². The monoisotopic (exact) mass is 565 g/mol. The van der Waals surface area contributed by atoms with Crippen LogP contribution >= 0.6 is 0 Å². The Morgan fingerprint density at radius 1 is 1.10 bits per heavy atom. The Balaban J connectivity index is 1.35. The van der Waals surface area contributed by atoms with Crippen LogP contribution in [0.25, 0.3) is 33.7 Å². The van der Waals surface area contributed by atoms with E-state index >= 15 is 0 Å². The standard InChI is InChI=1S/C31H35N9O2/c1-34-13-25(29(33)42-20-15-41-16-20)35-12-23-21(5-4-6-24(23)32)27-28(18-9-10-18)40(3)31(37-27)22-11-19-14-39(2)38-30(19)36-26(22)17-7-8-17/h4-6,11-14,17-18,20H,7-10,15-16,32-33H2,1-3H3/b29-25-,34-13?,35-12?. The van der Waals surface area contributed by atoms with E-state index in [1.807, 2.05) is 30.1 Å². The van der Waals surface area contributed by atoms with Gasteiger partial charge in [0.25, 0.3) is 0 Å². The van der Waals surface area contributed by atoms with E-state index in [0.717, 1.165) is 70.6 Å². The van der Waals surface area contributed by atoms with Crippen molar-refractivity contribution in [3.05, 3.63) is 59.0 Å². The van der Waals surface area contributed by atoms with Crippen molar-refractivity contribution < 1.29 is 9.47 Å². The van der Waals surface area contributed by atoms with Crippen molar-refractivity contribution in [2.24, 2.45) is 29.8 Å². The van der Waals surface area contributed by atoms with Crippen LogP contribution in [0.4, 0.5) is 5.69 Å². The second-order valence-corrected chi connectivity index (χ2v) is 11.4. The van der Waals surface area contributed by atoms with E-state index in [4.69, 9.17) is 30.9 Å². The minimum Gasteiger partial charge on any atom is -0.470 e. The normalized spacial score (nSPS) is 18.3. The summed E-state index contributed by atoms with van der Waals surface area (Å²) < 4.78 is 15.1. The lowest BCUT2D eigenvalue weighted by molar-refractivity contribution is -0.108. The molecule has 0 bridgehead atoms. The molecule has 1 saturated heterocycles. The summed E-state index contributed by atoms with van der Waals surface area (Å²) in [5.74, 6) is 1.99. The summed E-state index contributed by atoms with van der Waals surface area (Å²) in [4.78, 5) is 19.2. The van der Waals surface area contributed by atoms with E-state index in [0.29, 0.717) is 36.4 Å². The Labute approximate surface area is 244 Å². The maximum Gasteiger partial charge on any atom is 0.212 e. The highest BCUT2D eigenvalue weighted by Crippen LogP contribution is 2.48. The summed E-state index contributed by atoms with van der Waals surface area (Å²) in [6, 6.07) is 8.09. The van der Waals surface area contributed by atoms with Crippen LogP contribution < -0.4 is 11.5 Å². The predicted octanol–water partition coefficient (Wildman–Crippen LogP) is 4.04. The van der Waals surface area contributed by atoms with Gasteiger partial charge >= 0.3 is 0 Å². The molecule has 3 aliphatic rings. The van der Waals surface area contributed by atoms with E-state index in [2.05, 4.69) is 38.8 Å². The van der Waals surface area contributed by atoms with Crippen molar-refractivity contribution >= 4 is 29.1 Å². The van der Waals surface area contributed by atoms with Gasteiger partial charge in [0.15, 0.2) is 5.65 Å². The molecule has 7 rings (SSSR count). The molecule has 42 heavy (non-hydrogen) atoms. The maximum absolute atomic E-state index is 6.57. The number of ether oxygens (including phenoxy) is 2. The third-order valence-corrected chi connectivity index (χ3v) is 8.08. The molecule has 1 aliphatic heterocycles. The molecule has 2 aliphatic carbocycles.